The van der Waals surface area contributed by atoms with E-state index in [0.717, 1.165) is 19.5 Å². The Morgan fingerprint density at radius 2 is 2.31 bits per heavy atom. The number of piperidine rings is 1. The minimum absolute atomic E-state index is 0.147. The third kappa shape index (κ3) is 4.08. The average molecular weight is 230 g/mol. The maximum Gasteiger partial charge on any atom is 0.305 e. The zero-order chi connectivity index (χ0) is 12.0. The molecule has 1 heterocycles. The highest BCUT2D eigenvalue weighted by atomic mass is 16.5. The van der Waals surface area contributed by atoms with Crippen LogP contribution >= 0.6 is 0 Å². The van der Waals surface area contributed by atoms with E-state index in [1.54, 1.807) is 0 Å². The summed E-state index contributed by atoms with van der Waals surface area (Å²) in [6.45, 7) is 2.65. The van der Waals surface area contributed by atoms with Gasteiger partial charge in [0.15, 0.2) is 0 Å². The van der Waals surface area contributed by atoms with E-state index in [1.807, 2.05) is 7.05 Å². The molecule has 0 aliphatic carbocycles. The molecule has 0 radical (unpaired) electrons. The van der Waals surface area contributed by atoms with Gasteiger partial charge in [-0.05, 0) is 19.4 Å². The van der Waals surface area contributed by atoms with Crippen LogP contribution in [0.3, 0.4) is 0 Å². The first-order valence-electron chi connectivity index (χ1n) is 5.76. The van der Waals surface area contributed by atoms with Gasteiger partial charge in [0.1, 0.15) is 0 Å². The summed E-state index contributed by atoms with van der Waals surface area (Å²) < 4.78 is 4.69. The number of esters is 1. The summed E-state index contributed by atoms with van der Waals surface area (Å²) in [4.78, 5) is 13.4. The molecule has 2 unspecified atom stereocenters. The van der Waals surface area contributed by atoms with Crippen LogP contribution in [0.2, 0.25) is 0 Å². The lowest BCUT2D eigenvalue weighted by atomic mass is 9.91. The molecular formula is C11H22N2O3. The van der Waals surface area contributed by atoms with Gasteiger partial charge in [0.2, 0.25) is 0 Å². The molecule has 0 aromatic carbocycles. The smallest absolute Gasteiger partial charge is 0.305 e. The van der Waals surface area contributed by atoms with Crippen LogP contribution in [0.4, 0.5) is 0 Å². The Morgan fingerprint density at radius 3 is 2.88 bits per heavy atom. The number of aliphatic hydroxyl groups excluding tert-OH is 1. The Labute approximate surface area is 96.8 Å². The lowest BCUT2D eigenvalue weighted by Crippen LogP contribution is -2.49. The normalized spacial score (nSPS) is 26.7. The van der Waals surface area contributed by atoms with E-state index < -0.39 is 0 Å². The fourth-order valence-electron chi connectivity index (χ4n) is 2.30. The molecular weight excluding hydrogens is 208 g/mol. The van der Waals surface area contributed by atoms with Gasteiger partial charge in [-0.15, -0.1) is 0 Å². The molecule has 5 nitrogen and oxygen atoms in total. The van der Waals surface area contributed by atoms with Crippen LogP contribution in [0.25, 0.3) is 0 Å². The van der Waals surface area contributed by atoms with Crippen LogP contribution in [-0.2, 0) is 9.53 Å². The first kappa shape index (κ1) is 13.4. The second-order valence-corrected chi connectivity index (χ2v) is 4.35. The predicted molar refractivity (Wildman–Crippen MR) is 61.1 cm³/mol. The molecule has 1 aliphatic heterocycles. The van der Waals surface area contributed by atoms with Crippen molar-refractivity contribution in [3.05, 3.63) is 0 Å². The van der Waals surface area contributed by atoms with E-state index in [9.17, 15) is 4.79 Å². The van der Waals surface area contributed by atoms with E-state index in [1.165, 1.54) is 7.11 Å². The summed E-state index contributed by atoms with van der Waals surface area (Å²) in [5, 5.41) is 12.2. The quantitative estimate of drug-likeness (QED) is 0.621. The number of aliphatic hydroxyl groups is 1. The fraction of sp³-hybridized carbons (Fsp3) is 0.909. The van der Waals surface area contributed by atoms with Crippen LogP contribution in [-0.4, -0.2) is 62.4 Å². The highest BCUT2D eigenvalue weighted by Crippen LogP contribution is 2.20. The number of carbonyl (C=O) groups is 1. The molecule has 2 atom stereocenters. The molecule has 0 saturated carbocycles. The van der Waals surface area contributed by atoms with Crippen molar-refractivity contribution >= 4 is 5.97 Å². The van der Waals surface area contributed by atoms with Gasteiger partial charge in [-0.2, -0.15) is 0 Å². The van der Waals surface area contributed by atoms with Crippen LogP contribution in [0.15, 0.2) is 0 Å². The lowest BCUT2D eigenvalue weighted by Gasteiger charge is -2.37. The number of nitrogens with one attached hydrogen (secondary N) is 1. The van der Waals surface area contributed by atoms with Crippen LogP contribution < -0.4 is 5.32 Å². The third-order valence-electron chi connectivity index (χ3n) is 3.12. The minimum atomic E-state index is -0.147. The van der Waals surface area contributed by atoms with Gasteiger partial charge in [0.05, 0.1) is 13.7 Å². The summed E-state index contributed by atoms with van der Waals surface area (Å²) in [6, 6.07) is 0.398. The van der Waals surface area contributed by atoms with E-state index in [0.29, 0.717) is 24.9 Å². The largest absolute Gasteiger partial charge is 0.469 e. The van der Waals surface area contributed by atoms with Gasteiger partial charge in [0, 0.05) is 32.1 Å². The van der Waals surface area contributed by atoms with Crippen molar-refractivity contribution in [2.45, 2.75) is 18.9 Å². The van der Waals surface area contributed by atoms with Gasteiger partial charge in [-0.3, -0.25) is 9.69 Å². The number of β-amino-alcohol motifs (C(OH)–C–C–N with tert-alkyl or cyclic N) is 1. The van der Waals surface area contributed by atoms with Crippen molar-refractivity contribution in [1.82, 2.24) is 10.2 Å². The number of methoxy groups -OCH3 is 1. The molecule has 1 aliphatic rings. The van der Waals surface area contributed by atoms with Crippen LogP contribution in [0, 0.1) is 5.92 Å². The van der Waals surface area contributed by atoms with E-state index in [2.05, 4.69) is 15.0 Å². The number of likely N-dealkylation sites (N-methyl/N-ethyl adjacent to an activating group) is 1. The third-order valence-corrected chi connectivity index (χ3v) is 3.12. The van der Waals surface area contributed by atoms with Crippen molar-refractivity contribution in [1.29, 1.82) is 0 Å². The maximum atomic E-state index is 11.2. The molecule has 5 heteroatoms. The van der Waals surface area contributed by atoms with Gasteiger partial charge >= 0.3 is 5.97 Å². The zero-order valence-electron chi connectivity index (χ0n) is 10.1. The van der Waals surface area contributed by atoms with Gasteiger partial charge in [-0.25, -0.2) is 0 Å². The highest BCUT2D eigenvalue weighted by Gasteiger charge is 2.27. The molecule has 0 spiro atoms. The number of nitrogens with zero attached hydrogens (tertiary/aromatic N) is 1. The van der Waals surface area contributed by atoms with Crippen molar-refractivity contribution in [3.8, 4) is 0 Å². The molecule has 94 valence electrons. The first-order valence-corrected chi connectivity index (χ1v) is 5.76. The topological polar surface area (TPSA) is 61.8 Å². The summed E-state index contributed by atoms with van der Waals surface area (Å²) in [5.41, 5.74) is 0. The molecule has 0 amide bonds. The Morgan fingerprint density at radius 1 is 1.56 bits per heavy atom. The monoisotopic (exact) mass is 230 g/mol. The summed E-state index contributed by atoms with van der Waals surface area (Å²) in [6.07, 6.45) is 1.46. The van der Waals surface area contributed by atoms with E-state index in [-0.39, 0.29) is 12.6 Å². The van der Waals surface area contributed by atoms with Crippen LogP contribution in [0.5, 0.6) is 0 Å². The number of likely N-dealkylation sites (tertiary alicyclic amines) is 1. The van der Waals surface area contributed by atoms with E-state index in [4.69, 9.17) is 5.11 Å². The number of hydrogen-bond acceptors (Lipinski definition) is 5. The molecule has 1 rings (SSSR count). The van der Waals surface area contributed by atoms with Crippen molar-refractivity contribution in [3.63, 3.8) is 0 Å². The van der Waals surface area contributed by atoms with E-state index >= 15 is 0 Å². The highest BCUT2D eigenvalue weighted by molar-refractivity contribution is 5.69. The standard InChI is InChI=1S/C11H22N2O3/c1-12-10-5-9(6-11(15)16-2)7-13(8-10)3-4-14/h9-10,12,14H,3-8H2,1-2H3. The van der Waals surface area contributed by atoms with Crippen molar-refractivity contribution < 1.29 is 14.6 Å². The second-order valence-electron chi connectivity index (χ2n) is 4.35. The summed E-state index contributed by atoms with van der Waals surface area (Å²) in [7, 11) is 3.36. The number of ether oxygens (including phenoxy) is 1. The molecule has 0 aromatic rings. The molecule has 1 fully saturated rings. The lowest BCUT2D eigenvalue weighted by molar-refractivity contribution is -0.142. The Balaban J connectivity index is 2.46. The maximum absolute atomic E-state index is 11.2. The second kappa shape index (κ2) is 6.83. The summed E-state index contributed by atoms with van der Waals surface area (Å²) in [5.74, 6) is 0.177. The predicted octanol–water partition coefficient (Wildman–Crippen LogP) is -0.548. The van der Waals surface area contributed by atoms with Crippen molar-refractivity contribution in [2.75, 3.05) is 40.4 Å². The number of carbonyl (C=O) groups excluding carboxylic acids is 1. The zero-order valence-corrected chi connectivity index (χ0v) is 10.1. The van der Waals surface area contributed by atoms with Crippen LogP contribution in [0.1, 0.15) is 12.8 Å². The Kier molecular flexibility index (Phi) is 5.73. The number of hydrogen-bond donors (Lipinski definition) is 2. The molecule has 1 saturated heterocycles. The molecule has 2 N–H and O–H groups in total. The van der Waals surface area contributed by atoms with Gasteiger partial charge in [0.25, 0.3) is 0 Å². The number of rotatable bonds is 5. The van der Waals surface area contributed by atoms with Gasteiger partial charge < -0.3 is 15.2 Å². The first-order chi connectivity index (χ1) is 7.69. The Hall–Kier alpha value is -0.650. The minimum Gasteiger partial charge on any atom is -0.469 e. The molecule has 16 heavy (non-hydrogen) atoms. The van der Waals surface area contributed by atoms with Crippen molar-refractivity contribution in [2.24, 2.45) is 5.92 Å². The molecule has 0 bridgehead atoms. The summed E-state index contributed by atoms with van der Waals surface area (Å²) >= 11 is 0. The fourth-order valence-corrected chi connectivity index (χ4v) is 2.30. The SMILES string of the molecule is CNC1CC(CC(=O)OC)CN(CCO)C1. The molecule has 0 aromatic heterocycles. The average Bonchev–Trinajstić information content (AvgIpc) is 2.29. The Bertz CT molecular complexity index is 223. The van der Waals surface area contributed by atoms with Gasteiger partial charge in [-0.1, -0.05) is 0 Å².